The number of carbonyl (C=O) groups excluding carboxylic acids is 3. The molecule has 0 rings (SSSR count). The van der Waals surface area contributed by atoms with Gasteiger partial charge in [0.1, 0.15) is 13.2 Å². The lowest BCUT2D eigenvalue weighted by atomic mass is 10.0. The predicted molar refractivity (Wildman–Crippen MR) is 353 cm³/mol. The highest BCUT2D eigenvalue weighted by atomic mass is 16.6. The predicted octanol–water partition coefficient (Wildman–Crippen LogP) is 24.4. The average molecular weight is 1130 g/mol. The Labute approximate surface area is 503 Å². The lowest BCUT2D eigenvalue weighted by Crippen LogP contribution is -2.30. The molecule has 0 saturated carbocycles. The summed E-state index contributed by atoms with van der Waals surface area (Å²) in [6, 6.07) is 0. The van der Waals surface area contributed by atoms with Gasteiger partial charge in [-0.15, -0.1) is 0 Å². The van der Waals surface area contributed by atoms with Crippen molar-refractivity contribution in [3.8, 4) is 0 Å². The number of allylic oxidation sites excluding steroid dienone is 12. The summed E-state index contributed by atoms with van der Waals surface area (Å²) in [5.41, 5.74) is 0. The molecule has 6 heteroatoms. The lowest BCUT2D eigenvalue weighted by Gasteiger charge is -2.18. The number of esters is 3. The highest BCUT2D eigenvalue weighted by Gasteiger charge is 2.19. The molecular formula is C75H134O6. The molecule has 0 aliphatic heterocycles. The summed E-state index contributed by atoms with van der Waals surface area (Å²) in [5.74, 6) is -0.870. The van der Waals surface area contributed by atoms with Crippen LogP contribution in [0.2, 0.25) is 0 Å². The van der Waals surface area contributed by atoms with Crippen molar-refractivity contribution < 1.29 is 28.6 Å². The van der Waals surface area contributed by atoms with E-state index in [4.69, 9.17) is 14.2 Å². The normalized spacial score (nSPS) is 12.5. The van der Waals surface area contributed by atoms with Gasteiger partial charge in [0.05, 0.1) is 0 Å². The monoisotopic (exact) mass is 1130 g/mol. The quantitative estimate of drug-likeness (QED) is 0.0261. The van der Waals surface area contributed by atoms with E-state index in [1.165, 1.54) is 238 Å². The molecule has 0 aliphatic carbocycles. The van der Waals surface area contributed by atoms with Crippen molar-refractivity contribution >= 4 is 17.9 Å². The second kappa shape index (κ2) is 69.3. The molecule has 0 fully saturated rings. The summed E-state index contributed by atoms with van der Waals surface area (Å²) in [6.45, 7) is 6.63. The maximum Gasteiger partial charge on any atom is 0.306 e. The Morgan fingerprint density at radius 1 is 0.247 bits per heavy atom. The molecule has 470 valence electrons. The minimum atomic E-state index is -0.780. The zero-order chi connectivity index (χ0) is 58.5. The van der Waals surface area contributed by atoms with Crippen LogP contribution in [0.15, 0.2) is 72.9 Å². The average Bonchev–Trinajstić information content (AvgIpc) is 3.47. The topological polar surface area (TPSA) is 78.9 Å². The van der Waals surface area contributed by atoms with Gasteiger partial charge in [-0.1, -0.05) is 325 Å². The number of unbranched alkanes of at least 4 members (excludes halogenated alkanes) is 42. The van der Waals surface area contributed by atoms with Gasteiger partial charge in [0.2, 0.25) is 0 Å². The van der Waals surface area contributed by atoms with Crippen LogP contribution in [0.1, 0.15) is 367 Å². The van der Waals surface area contributed by atoms with Gasteiger partial charge in [0.25, 0.3) is 0 Å². The van der Waals surface area contributed by atoms with Gasteiger partial charge in [-0.2, -0.15) is 0 Å². The van der Waals surface area contributed by atoms with Crippen molar-refractivity contribution in [2.45, 2.75) is 374 Å². The second-order valence-electron chi connectivity index (χ2n) is 23.8. The molecule has 0 aromatic carbocycles. The van der Waals surface area contributed by atoms with Crippen LogP contribution in [0.3, 0.4) is 0 Å². The smallest absolute Gasteiger partial charge is 0.306 e. The highest BCUT2D eigenvalue weighted by Crippen LogP contribution is 2.18. The van der Waals surface area contributed by atoms with Crippen LogP contribution in [0.4, 0.5) is 0 Å². The van der Waals surface area contributed by atoms with E-state index >= 15 is 0 Å². The van der Waals surface area contributed by atoms with Gasteiger partial charge in [-0.3, -0.25) is 14.4 Å². The van der Waals surface area contributed by atoms with Crippen molar-refractivity contribution in [3.63, 3.8) is 0 Å². The summed E-state index contributed by atoms with van der Waals surface area (Å²) in [7, 11) is 0. The molecule has 81 heavy (non-hydrogen) atoms. The zero-order valence-electron chi connectivity index (χ0n) is 54.1. The first-order valence-corrected chi connectivity index (χ1v) is 35.4. The molecule has 1 unspecified atom stereocenters. The zero-order valence-corrected chi connectivity index (χ0v) is 54.1. The van der Waals surface area contributed by atoms with Crippen LogP contribution in [-0.4, -0.2) is 37.2 Å². The SMILES string of the molecule is CCCCC/C=C\C/C=C\C/C=C\CCCCCCCCC(=O)OC(COC(=O)CCCCCCCCCCCCC)COC(=O)CCCCCCCCCCCCCCCCCCCC/C=C\C/C=C\C/C=C\CCCCCCC. The first-order valence-electron chi connectivity index (χ1n) is 35.4. The number of rotatable bonds is 65. The van der Waals surface area contributed by atoms with E-state index in [1.807, 2.05) is 0 Å². The summed E-state index contributed by atoms with van der Waals surface area (Å²) < 4.78 is 16.9. The Bertz CT molecular complexity index is 1490. The minimum absolute atomic E-state index is 0.0761. The van der Waals surface area contributed by atoms with Crippen LogP contribution < -0.4 is 0 Å². The van der Waals surface area contributed by atoms with Crippen LogP contribution in [-0.2, 0) is 28.6 Å². The number of ether oxygens (including phenoxy) is 3. The van der Waals surface area contributed by atoms with Crippen LogP contribution in [0, 0.1) is 0 Å². The molecule has 0 N–H and O–H groups in total. The Balaban J connectivity index is 4.14. The third-order valence-electron chi connectivity index (χ3n) is 15.7. The standard InChI is InChI=1S/C75H134O6/c1-4-7-10-13-16-19-22-24-26-28-30-31-32-33-34-35-36-37-38-39-40-41-42-43-45-46-48-50-53-56-59-62-65-68-74(77)80-71-72(70-79-73(76)67-64-61-58-55-52-21-18-15-12-9-6-3)81-75(78)69-66-63-60-57-54-51-49-47-44-29-27-25-23-20-17-14-11-8-5-2/h17,20,22,24-25,27-28,30,32-33,44,47,72H,4-16,18-19,21,23,26,29,31,34-43,45-46,48-71H2,1-3H3/b20-17-,24-22-,27-25-,30-28-,33-32-,47-44-. The fourth-order valence-corrected chi connectivity index (χ4v) is 10.3. The maximum absolute atomic E-state index is 12.9. The molecule has 0 bridgehead atoms. The van der Waals surface area contributed by atoms with Crippen LogP contribution in [0.5, 0.6) is 0 Å². The Morgan fingerprint density at radius 3 is 0.716 bits per heavy atom. The van der Waals surface area contributed by atoms with Gasteiger partial charge in [0.15, 0.2) is 6.10 Å². The van der Waals surface area contributed by atoms with Crippen LogP contribution in [0.25, 0.3) is 0 Å². The molecule has 0 saturated heterocycles. The van der Waals surface area contributed by atoms with E-state index in [2.05, 4.69) is 93.7 Å². The van der Waals surface area contributed by atoms with E-state index in [0.29, 0.717) is 19.3 Å². The summed E-state index contributed by atoms with van der Waals surface area (Å²) in [6.07, 6.45) is 90.8. The fraction of sp³-hybridized carbons (Fsp3) is 0.800. The molecule has 0 spiro atoms. The lowest BCUT2D eigenvalue weighted by molar-refractivity contribution is -0.167. The Morgan fingerprint density at radius 2 is 0.444 bits per heavy atom. The van der Waals surface area contributed by atoms with Gasteiger partial charge >= 0.3 is 17.9 Å². The molecular weight excluding hydrogens is 997 g/mol. The molecule has 6 nitrogen and oxygen atoms in total. The summed E-state index contributed by atoms with van der Waals surface area (Å²) in [4.78, 5) is 38.3. The van der Waals surface area contributed by atoms with E-state index in [-0.39, 0.29) is 31.1 Å². The minimum Gasteiger partial charge on any atom is -0.462 e. The maximum atomic E-state index is 12.9. The van der Waals surface area contributed by atoms with Crippen molar-refractivity contribution in [1.29, 1.82) is 0 Å². The Hall–Kier alpha value is -3.15. The molecule has 0 aromatic rings. The first-order chi connectivity index (χ1) is 40.0. The van der Waals surface area contributed by atoms with Gasteiger partial charge in [-0.25, -0.2) is 0 Å². The Kier molecular flexibility index (Phi) is 66.6. The molecule has 0 aromatic heterocycles. The van der Waals surface area contributed by atoms with E-state index in [9.17, 15) is 14.4 Å². The number of hydrogen-bond donors (Lipinski definition) is 0. The largest absolute Gasteiger partial charge is 0.462 e. The van der Waals surface area contributed by atoms with Crippen molar-refractivity contribution in [2.75, 3.05) is 13.2 Å². The highest BCUT2D eigenvalue weighted by molar-refractivity contribution is 5.71. The van der Waals surface area contributed by atoms with Crippen LogP contribution >= 0.6 is 0 Å². The van der Waals surface area contributed by atoms with E-state index in [0.717, 1.165) is 89.9 Å². The van der Waals surface area contributed by atoms with Gasteiger partial charge < -0.3 is 14.2 Å². The van der Waals surface area contributed by atoms with E-state index in [1.54, 1.807) is 0 Å². The number of carbonyl (C=O) groups is 3. The third-order valence-corrected chi connectivity index (χ3v) is 15.7. The second-order valence-corrected chi connectivity index (χ2v) is 23.8. The van der Waals surface area contributed by atoms with Crippen molar-refractivity contribution in [1.82, 2.24) is 0 Å². The molecule has 0 radical (unpaired) electrons. The van der Waals surface area contributed by atoms with Crippen molar-refractivity contribution in [3.05, 3.63) is 72.9 Å². The van der Waals surface area contributed by atoms with Crippen molar-refractivity contribution in [2.24, 2.45) is 0 Å². The first kappa shape index (κ1) is 77.9. The third kappa shape index (κ3) is 67.5. The molecule has 0 heterocycles. The fourth-order valence-electron chi connectivity index (χ4n) is 10.3. The van der Waals surface area contributed by atoms with Gasteiger partial charge in [0, 0.05) is 19.3 Å². The summed E-state index contributed by atoms with van der Waals surface area (Å²) in [5, 5.41) is 0. The molecule has 0 aliphatic rings. The molecule has 1 atom stereocenters. The van der Waals surface area contributed by atoms with Gasteiger partial charge in [-0.05, 0) is 96.3 Å². The molecule has 0 amide bonds. The number of hydrogen-bond acceptors (Lipinski definition) is 6. The van der Waals surface area contributed by atoms with E-state index < -0.39 is 6.10 Å². The summed E-state index contributed by atoms with van der Waals surface area (Å²) >= 11 is 0.